The van der Waals surface area contributed by atoms with Gasteiger partial charge < -0.3 is 19.5 Å². The molecule has 6 heteroatoms. The number of hydrogen-bond donors (Lipinski definition) is 3. The highest BCUT2D eigenvalue weighted by Crippen LogP contribution is 2.14. The molecule has 0 atom stereocenters. The Morgan fingerprint density at radius 1 is 1.15 bits per heavy atom. The van der Waals surface area contributed by atoms with Gasteiger partial charge in [-0.25, -0.2) is 4.79 Å². The molecule has 0 radical (unpaired) electrons. The minimum atomic E-state index is -0.371. The van der Waals surface area contributed by atoms with Gasteiger partial charge in [-0.1, -0.05) is 6.92 Å². The van der Waals surface area contributed by atoms with E-state index in [2.05, 4.69) is 11.9 Å². The molecule has 2 heterocycles. The smallest absolute Gasteiger partial charge is 0.338 e. The summed E-state index contributed by atoms with van der Waals surface area (Å²) in [5.74, 6) is -0.371. The third-order valence-corrected chi connectivity index (χ3v) is 5.58. The summed E-state index contributed by atoms with van der Waals surface area (Å²) < 4.78 is 5.20. The van der Waals surface area contributed by atoms with E-state index >= 15 is 0 Å². The summed E-state index contributed by atoms with van der Waals surface area (Å²) in [5.41, 5.74) is 2.99. The molecule has 1 aromatic carbocycles. The van der Waals surface area contributed by atoms with Crippen LogP contribution in [0.25, 0.3) is 10.9 Å². The standard InChI is InChI=1S/C21H29N3O3/c1-4-12-27-21(26)16-6-7-19-17(13-16)20(25)18(15(3)22-19)14-24-10-8-23(5-2)9-11-24/h6-7,13H,4-5,8-12,14H2,1-3H3,(H,22,25)/p+2. The molecular formula is C21H31N3O3+2. The van der Waals surface area contributed by atoms with Crippen molar-refractivity contribution in [2.24, 2.45) is 0 Å². The Kier molecular flexibility index (Phi) is 6.29. The molecule has 0 unspecified atom stereocenters. The van der Waals surface area contributed by atoms with Gasteiger partial charge in [-0.15, -0.1) is 0 Å². The Hall–Kier alpha value is -2.18. The molecule has 1 aliphatic rings. The fraction of sp³-hybridized carbons (Fsp3) is 0.524. The van der Waals surface area contributed by atoms with E-state index in [9.17, 15) is 9.59 Å². The first-order valence-electron chi connectivity index (χ1n) is 10.0. The van der Waals surface area contributed by atoms with Crippen molar-refractivity contribution in [2.75, 3.05) is 39.3 Å². The van der Waals surface area contributed by atoms with Crippen molar-refractivity contribution in [3.63, 3.8) is 0 Å². The lowest BCUT2D eigenvalue weighted by atomic mass is 10.1. The van der Waals surface area contributed by atoms with Gasteiger partial charge in [-0.05, 0) is 38.5 Å². The van der Waals surface area contributed by atoms with Crippen LogP contribution in [0.15, 0.2) is 23.0 Å². The number of quaternary nitrogens is 2. The van der Waals surface area contributed by atoms with Crippen molar-refractivity contribution in [1.82, 2.24) is 4.98 Å². The van der Waals surface area contributed by atoms with Crippen LogP contribution < -0.4 is 15.2 Å². The molecule has 1 aromatic heterocycles. The molecule has 0 aliphatic carbocycles. The van der Waals surface area contributed by atoms with Crippen LogP contribution in [0, 0.1) is 6.92 Å². The van der Waals surface area contributed by atoms with E-state index in [-0.39, 0.29) is 11.4 Å². The molecule has 0 bridgehead atoms. The average molecular weight is 373 g/mol. The molecule has 2 aromatic rings. The molecule has 27 heavy (non-hydrogen) atoms. The highest BCUT2D eigenvalue weighted by molar-refractivity contribution is 5.94. The summed E-state index contributed by atoms with van der Waals surface area (Å²) in [6, 6.07) is 5.18. The van der Waals surface area contributed by atoms with Crippen LogP contribution in [0.3, 0.4) is 0 Å². The molecule has 3 N–H and O–H groups in total. The lowest BCUT2D eigenvalue weighted by molar-refractivity contribution is -1.02. The van der Waals surface area contributed by atoms with Crippen molar-refractivity contribution in [1.29, 1.82) is 0 Å². The van der Waals surface area contributed by atoms with Gasteiger partial charge in [0, 0.05) is 16.6 Å². The monoisotopic (exact) mass is 373 g/mol. The SMILES string of the molecule is CCCOC(=O)c1ccc2[nH]c(C)c(C[NH+]3CC[NH+](CC)CC3)c(=O)c2c1. The zero-order valence-corrected chi connectivity index (χ0v) is 16.6. The van der Waals surface area contributed by atoms with Crippen LogP contribution in [0.5, 0.6) is 0 Å². The van der Waals surface area contributed by atoms with Crippen molar-refractivity contribution in [3.05, 3.63) is 45.2 Å². The maximum Gasteiger partial charge on any atom is 0.338 e. The summed E-state index contributed by atoms with van der Waals surface area (Å²) in [6.07, 6.45) is 0.777. The molecule has 6 nitrogen and oxygen atoms in total. The summed E-state index contributed by atoms with van der Waals surface area (Å²) in [6.45, 7) is 12.9. The third kappa shape index (κ3) is 4.39. The number of benzene rings is 1. The van der Waals surface area contributed by atoms with Crippen molar-refractivity contribution < 1.29 is 19.3 Å². The van der Waals surface area contributed by atoms with Crippen molar-refractivity contribution >= 4 is 16.9 Å². The second kappa shape index (κ2) is 8.67. The Bertz CT molecular complexity index is 867. The lowest BCUT2D eigenvalue weighted by Gasteiger charge is -2.29. The average Bonchev–Trinajstić information content (AvgIpc) is 2.69. The maximum atomic E-state index is 13.1. The molecule has 1 fully saturated rings. The van der Waals surface area contributed by atoms with Crippen LogP contribution in [0.1, 0.15) is 41.9 Å². The largest absolute Gasteiger partial charge is 0.462 e. The molecule has 0 saturated carbocycles. The Labute approximate surface area is 160 Å². The number of ether oxygens (including phenoxy) is 1. The predicted molar refractivity (Wildman–Crippen MR) is 106 cm³/mol. The van der Waals surface area contributed by atoms with Crippen LogP contribution in [-0.2, 0) is 11.3 Å². The number of nitrogens with one attached hydrogen (secondary N) is 3. The summed E-state index contributed by atoms with van der Waals surface area (Å²) in [7, 11) is 0. The van der Waals surface area contributed by atoms with Crippen LogP contribution in [0.2, 0.25) is 0 Å². The fourth-order valence-electron chi connectivity index (χ4n) is 3.81. The number of piperazine rings is 1. The number of fused-ring (bicyclic) bond motifs is 1. The summed E-state index contributed by atoms with van der Waals surface area (Å²) in [5, 5.41) is 0.568. The lowest BCUT2D eigenvalue weighted by Crippen LogP contribution is -3.27. The number of carbonyl (C=O) groups is 1. The molecule has 146 valence electrons. The van der Waals surface area contributed by atoms with Gasteiger partial charge in [0.05, 0.1) is 24.3 Å². The van der Waals surface area contributed by atoms with Crippen LogP contribution >= 0.6 is 0 Å². The van der Waals surface area contributed by atoms with E-state index in [1.807, 2.05) is 13.8 Å². The molecular weight excluding hydrogens is 342 g/mol. The number of aromatic nitrogens is 1. The van der Waals surface area contributed by atoms with Gasteiger partial charge in [0.25, 0.3) is 0 Å². The van der Waals surface area contributed by atoms with Crippen LogP contribution in [0.4, 0.5) is 0 Å². The molecule has 1 aliphatic heterocycles. The predicted octanol–water partition coefficient (Wildman–Crippen LogP) is -0.293. The number of esters is 1. The number of pyridine rings is 1. The maximum absolute atomic E-state index is 13.1. The minimum absolute atomic E-state index is 0.0316. The quantitative estimate of drug-likeness (QED) is 0.610. The van der Waals surface area contributed by atoms with Gasteiger partial charge in [-0.2, -0.15) is 0 Å². The Morgan fingerprint density at radius 2 is 1.85 bits per heavy atom. The van der Waals surface area contributed by atoms with E-state index in [1.165, 1.54) is 11.4 Å². The Balaban J connectivity index is 1.87. The first-order chi connectivity index (χ1) is 13.0. The zero-order chi connectivity index (χ0) is 19.4. The molecule has 1 saturated heterocycles. The van der Waals surface area contributed by atoms with Crippen molar-refractivity contribution in [2.45, 2.75) is 33.7 Å². The van der Waals surface area contributed by atoms with Crippen LogP contribution in [-0.4, -0.2) is 50.3 Å². The number of hydrogen-bond acceptors (Lipinski definition) is 3. The third-order valence-electron chi connectivity index (χ3n) is 5.58. The number of H-pyrrole nitrogens is 1. The van der Waals surface area contributed by atoms with E-state index in [0.29, 0.717) is 17.6 Å². The van der Waals surface area contributed by atoms with Gasteiger partial charge in [0.15, 0.2) is 5.43 Å². The molecule has 0 amide bonds. The van der Waals surface area contributed by atoms with Crippen molar-refractivity contribution in [3.8, 4) is 0 Å². The van der Waals surface area contributed by atoms with Gasteiger partial charge in [-0.3, -0.25) is 4.79 Å². The highest BCUT2D eigenvalue weighted by Gasteiger charge is 2.24. The minimum Gasteiger partial charge on any atom is -0.462 e. The van der Waals surface area contributed by atoms with Gasteiger partial charge in [0.2, 0.25) is 0 Å². The van der Waals surface area contributed by atoms with E-state index in [4.69, 9.17) is 4.74 Å². The van der Waals surface area contributed by atoms with Gasteiger partial charge in [0.1, 0.15) is 32.7 Å². The number of rotatable bonds is 6. The van der Waals surface area contributed by atoms with E-state index in [0.717, 1.165) is 55.9 Å². The molecule has 0 spiro atoms. The second-order valence-corrected chi connectivity index (χ2v) is 7.48. The number of likely N-dealkylation sites (N-methyl/N-ethyl adjacent to an activating group) is 1. The first-order valence-corrected chi connectivity index (χ1v) is 10.0. The Morgan fingerprint density at radius 3 is 2.52 bits per heavy atom. The fourth-order valence-corrected chi connectivity index (χ4v) is 3.81. The van der Waals surface area contributed by atoms with Gasteiger partial charge >= 0.3 is 5.97 Å². The summed E-state index contributed by atoms with van der Waals surface area (Å²) >= 11 is 0. The number of aryl methyl sites for hydroxylation is 1. The topological polar surface area (TPSA) is 68.0 Å². The normalized spacial score (nSPS) is 20.0. The first kappa shape index (κ1) is 19.6. The highest BCUT2D eigenvalue weighted by atomic mass is 16.5. The molecule has 3 rings (SSSR count). The summed E-state index contributed by atoms with van der Waals surface area (Å²) in [4.78, 5) is 31.7. The number of carbonyl (C=O) groups excluding carboxylic acids is 1. The number of aromatic amines is 1. The second-order valence-electron chi connectivity index (χ2n) is 7.48. The van der Waals surface area contributed by atoms with E-state index in [1.54, 1.807) is 23.1 Å². The zero-order valence-electron chi connectivity index (χ0n) is 16.6. The van der Waals surface area contributed by atoms with E-state index < -0.39 is 0 Å².